The van der Waals surface area contributed by atoms with Crippen LogP contribution in [0.1, 0.15) is 13.2 Å². The summed E-state index contributed by atoms with van der Waals surface area (Å²) in [6, 6.07) is 1.12. The molecule has 0 aliphatic carbocycles. The van der Waals surface area contributed by atoms with Crippen molar-refractivity contribution in [2.75, 3.05) is 13.4 Å². The number of hydrogen-bond donors (Lipinski definition) is 2. The van der Waals surface area contributed by atoms with Crippen molar-refractivity contribution in [3.63, 3.8) is 0 Å². The van der Waals surface area contributed by atoms with Crippen LogP contribution in [0.25, 0.3) is 0 Å². The molecule has 0 saturated carbocycles. The van der Waals surface area contributed by atoms with Crippen LogP contribution in [0.15, 0.2) is 21.9 Å². The van der Waals surface area contributed by atoms with E-state index in [0.717, 1.165) is 10.6 Å². The molecule has 0 spiro atoms. The number of hydrogen-bond acceptors (Lipinski definition) is 9. The first kappa shape index (κ1) is 18.2. The second-order valence-corrected chi connectivity index (χ2v) is 7.17. The molecule has 5 atom stereocenters. The van der Waals surface area contributed by atoms with Crippen molar-refractivity contribution in [1.82, 2.24) is 9.55 Å². The molecule has 0 bridgehead atoms. The number of ether oxygens (including phenoxy) is 2. The summed E-state index contributed by atoms with van der Waals surface area (Å²) in [6.07, 6.45) is -2.78. The predicted octanol–water partition coefficient (Wildman–Crippen LogP) is -1.41. The first-order valence-electron chi connectivity index (χ1n) is 7.22. The Bertz CT molecular complexity index is 769. The number of nitrogens with zero attached hydrogens (tertiary/aromatic N) is 1. The molecule has 11 nitrogen and oxygen atoms in total. The highest BCUT2D eigenvalue weighted by molar-refractivity contribution is 7.85. The molecule has 1 aromatic heterocycles. The van der Waals surface area contributed by atoms with E-state index in [1.807, 2.05) is 0 Å². The lowest BCUT2D eigenvalue weighted by atomic mass is 10.1. The highest BCUT2D eigenvalue weighted by Gasteiger charge is 2.58. The zero-order valence-electron chi connectivity index (χ0n) is 13.1. The number of nitrogens with one attached hydrogen (secondary N) is 1. The number of carbonyl (C=O) groups is 1. The Balaban J connectivity index is 1.72. The molecule has 2 aliphatic rings. The average Bonchev–Trinajstić information content (AvgIpc) is 2.83. The molecule has 3 rings (SSSR count). The zero-order valence-corrected chi connectivity index (χ0v) is 14.0. The van der Waals surface area contributed by atoms with Crippen molar-refractivity contribution in [1.29, 1.82) is 0 Å². The number of esters is 1. The molecular formula is C12H15BN2O9P+. The number of aliphatic hydroxyl groups excluding tert-OH is 1. The third kappa shape index (κ3) is 3.84. The molecule has 134 valence electrons. The van der Waals surface area contributed by atoms with Gasteiger partial charge in [0.1, 0.15) is 18.8 Å². The second-order valence-electron chi connectivity index (χ2n) is 5.36. The number of aromatic amines is 1. The van der Waals surface area contributed by atoms with Crippen LogP contribution >= 0.6 is 7.82 Å². The lowest BCUT2D eigenvalue weighted by Crippen LogP contribution is -2.42. The fraction of sp³-hybridized carbons (Fsp3) is 0.583. The maximum absolute atomic E-state index is 11.9. The van der Waals surface area contributed by atoms with E-state index in [2.05, 4.69) is 9.72 Å². The van der Waals surface area contributed by atoms with E-state index >= 15 is 0 Å². The van der Waals surface area contributed by atoms with Crippen LogP contribution in [-0.2, 0) is 27.8 Å². The molecule has 0 aromatic carbocycles. The number of carbonyl (C=O) groups excluding carboxylic acids is 1. The largest absolute Gasteiger partial charge is 0.488 e. The molecule has 0 amide bonds. The summed E-state index contributed by atoms with van der Waals surface area (Å²) in [5.41, 5.74) is -1.31. The molecule has 2 saturated heterocycles. The molecule has 2 N–H and O–H groups in total. The van der Waals surface area contributed by atoms with Crippen LogP contribution in [0, 0.1) is 0 Å². The molecule has 3 heterocycles. The smallest absolute Gasteiger partial charge is 0.434 e. The van der Waals surface area contributed by atoms with Crippen molar-refractivity contribution < 1.29 is 32.9 Å². The summed E-state index contributed by atoms with van der Waals surface area (Å²) in [7, 11) is 2.54. The Labute approximate surface area is 142 Å². The Morgan fingerprint density at radius 3 is 3.00 bits per heavy atom. The number of fused-ring (bicyclic) bond motifs is 1. The topological polar surface area (TPSA) is 138 Å². The zero-order chi connectivity index (χ0) is 18.2. The summed E-state index contributed by atoms with van der Waals surface area (Å²) in [5.74, 6) is -0.566. The third-order valence-corrected chi connectivity index (χ3v) is 5.13. The van der Waals surface area contributed by atoms with E-state index in [4.69, 9.17) is 25.9 Å². The van der Waals surface area contributed by atoms with Crippen LogP contribution in [0.4, 0.5) is 0 Å². The van der Waals surface area contributed by atoms with Gasteiger partial charge >= 0.3 is 27.0 Å². The predicted molar refractivity (Wildman–Crippen MR) is 82.5 cm³/mol. The number of H-pyrrole nitrogens is 1. The van der Waals surface area contributed by atoms with Gasteiger partial charge in [0, 0.05) is 19.2 Å². The van der Waals surface area contributed by atoms with Crippen LogP contribution in [0.5, 0.6) is 0 Å². The fourth-order valence-electron chi connectivity index (χ4n) is 2.47. The summed E-state index contributed by atoms with van der Waals surface area (Å²) in [5, 5.41) is 10.4. The summed E-state index contributed by atoms with van der Waals surface area (Å²) < 4.78 is 27.2. The molecule has 2 unspecified atom stereocenters. The first-order chi connectivity index (χ1) is 11.8. The Hall–Kier alpha value is -1.56. The summed E-state index contributed by atoms with van der Waals surface area (Å²) in [4.78, 5) is 35.8. The minimum Gasteiger partial charge on any atom is -0.434 e. The highest BCUT2D eigenvalue weighted by Crippen LogP contribution is 2.62. The van der Waals surface area contributed by atoms with E-state index < -0.39 is 56.4 Å². The molecule has 2 aliphatic heterocycles. The minimum atomic E-state index is -3.33. The van der Waals surface area contributed by atoms with Gasteiger partial charge in [-0.25, -0.2) is 4.79 Å². The van der Waals surface area contributed by atoms with Crippen LogP contribution in [0.3, 0.4) is 0 Å². The minimum absolute atomic E-state index is 0.0549. The van der Waals surface area contributed by atoms with Gasteiger partial charge < -0.3 is 14.6 Å². The maximum Gasteiger partial charge on any atom is 0.488 e. The van der Waals surface area contributed by atoms with E-state index in [1.165, 1.54) is 13.1 Å². The van der Waals surface area contributed by atoms with E-state index in [-0.39, 0.29) is 6.61 Å². The first-order valence-corrected chi connectivity index (χ1v) is 8.84. The Kier molecular flexibility index (Phi) is 5.10. The van der Waals surface area contributed by atoms with E-state index in [9.17, 15) is 19.5 Å². The Morgan fingerprint density at radius 2 is 2.32 bits per heavy atom. The molecule has 2 fully saturated rings. The van der Waals surface area contributed by atoms with E-state index in [1.54, 1.807) is 0 Å². The number of aromatic nitrogens is 2. The Morgan fingerprint density at radius 1 is 1.56 bits per heavy atom. The summed E-state index contributed by atoms with van der Waals surface area (Å²) >= 11 is 0. The highest BCUT2D eigenvalue weighted by atomic mass is 31.2. The van der Waals surface area contributed by atoms with Crippen molar-refractivity contribution in [3.8, 4) is 0 Å². The van der Waals surface area contributed by atoms with Crippen LogP contribution < -0.4 is 11.2 Å². The quantitative estimate of drug-likeness (QED) is 0.282. The van der Waals surface area contributed by atoms with Crippen LogP contribution in [-0.4, -0.2) is 59.9 Å². The average molecular weight is 373 g/mol. The number of aliphatic hydroxyl groups is 1. The molecule has 2 radical (unpaired) electrons. The van der Waals surface area contributed by atoms with Crippen LogP contribution in [0.2, 0.25) is 0 Å². The van der Waals surface area contributed by atoms with Gasteiger partial charge in [-0.2, -0.15) is 13.6 Å². The molecule has 25 heavy (non-hydrogen) atoms. The van der Waals surface area contributed by atoms with Crippen molar-refractivity contribution in [3.05, 3.63) is 33.1 Å². The lowest BCUT2D eigenvalue weighted by molar-refractivity contribution is -0.149. The second kappa shape index (κ2) is 6.98. The molecule has 13 heteroatoms. The maximum atomic E-state index is 11.9. The van der Waals surface area contributed by atoms with Gasteiger partial charge in [0.15, 0.2) is 12.3 Å². The van der Waals surface area contributed by atoms with Gasteiger partial charge in [-0.05, 0) is 0 Å². The van der Waals surface area contributed by atoms with Crippen molar-refractivity contribution >= 4 is 21.4 Å². The normalized spacial score (nSPS) is 34.5. The number of rotatable bonds is 4. The van der Waals surface area contributed by atoms with Crippen molar-refractivity contribution in [2.24, 2.45) is 0 Å². The monoisotopic (exact) mass is 373 g/mol. The lowest BCUT2D eigenvalue weighted by Gasteiger charge is -2.30. The van der Waals surface area contributed by atoms with Gasteiger partial charge in [-0.15, -0.1) is 0 Å². The van der Waals surface area contributed by atoms with Gasteiger partial charge in [0.2, 0.25) is 6.79 Å². The molecule has 1 aromatic rings. The summed E-state index contributed by atoms with van der Waals surface area (Å²) in [6.45, 7) is 0.683. The van der Waals surface area contributed by atoms with Gasteiger partial charge in [-0.3, -0.25) is 19.1 Å². The van der Waals surface area contributed by atoms with E-state index in [0.29, 0.717) is 0 Å². The van der Waals surface area contributed by atoms with Gasteiger partial charge in [0.25, 0.3) is 5.56 Å². The standard InChI is InChI=1S/C12H15BN2O9P/c1-6(16)20-5-22-25(13)21-4-7-10(24-25)9(18)11(23-7)15-3-2-8(17)14-12(15)19/h2-3,7,9-11,18H,4-5H2,1H3,(H,14,17,19)/q+1/t7-,9?,10-,11-,25?/m1/s1. The third-order valence-electron chi connectivity index (χ3n) is 3.62. The van der Waals surface area contributed by atoms with Crippen molar-refractivity contribution in [2.45, 2.75) is 31.5 Å². The fourth-order valence-corrected chi connectivity index (χ4v) is 3.82. The SMILES string of the molecule is [B][P+]1(OCOC(C)=O)OC[C@H]2O[C@@H](n3ccc(=O)[nH]c3=O)C(O)[C@@H]2O1. The van der Waals surface area contributed by atoms with Gasteiger partial charge in [-0.1, -0.05) is 0 Å². The van der Waals surface area contributed by atoms with Gasteiger partial charge in [0.05, 0.1) is 0 Å². The molecular weight excluding hydrogens is 358 g/mol.